The zero-order chi connectivity index (χ0) is 34.6. The highest BCUT2D eigenvalue weighted by Crippen LogP contribution is 2.47. The highest BCUT2D eigenvalue weighted by Gasteiger charge is 2.31. The van der Waals surface area contributed by atoms with Gasteiger partial charge in [0, 0.05) is 32.6 Å². The Morgan fingerprint density at radius 1 is 0.935 bits per heavy atom. The zero-order valence-corrected chi connectivity index (χ0v) is 29.5. The minimum Gasteiger partial charge on any atom is -0.467 e. The Hall–Kier alpha value is -3.15. The smallest absolute Gasteiger partial charge is 0.410 e. The molecule has 0 fully saturated rings. The number of nitrogens with one attached hydrogen (secondary N) is 1. The maximum Gasteiger partial charge on any atom is 0.410 e. The first-order valence-corrected chi connectivity index (χ1v) is 17.7. The normalized spacial score (nSPS) is 12.2. The van der Waals surface area contributed by atoms with Crippen molar-refractivity contribution in [2.24, 2.45) is 0 Å². The summed E-state index contributed by atoms with van der Waals surface area (Å²) in [6, 6.07) is 8.36. The molecule has 1 unspecified atom stereocenters. The van der Waals surface area contributed by atoms with Crippen LogP contribution in [0.5, 0.6) is 0 Å². The molecule has 262 valence electrons. The highest BCUT2D eigenvalue weighted by atomic mass is 31.2. The van der Waals surface area contributed by atoms with Crippen LogP contribution in [0.25, 0.3) is 0 Å². The molecule has 1 aromatic carbocycles. The van der Waals surface area contributed by atoms with Crippen molar-refractivity contribution in [3.05, 3.63) is 35.9 Å². The molecule has 0 heterocycles. The largest absolute Gasteiger partial charge is 0.467 e. The zero-order valence-electron chi connectivity index (χ0n) is 28.6. The molecule has 1 atom stereocenters. The van der Waals surface area contributed by atoms with Crippen LogP contribution >= 0.6 is 7.60 Å². The van der Waals surface area contributed by atoms with Crippen molar-refractivity contribution in [1.82, 2.24) is 15.1 Å². The Morgan fingerprint density at radius 3 is 2.15 bits per heavy atom. The fraction of sp³-hybridized carbons (Fsp3) is 0.688. The van der Waals surface area contributed by atoms with Crippen molar-refractivity contribution in [2.75, 3.05) is 52.7 Å². The Morgan fingerprint density at radius 2 is 1.59 bits per heavy atom. The van der Waals surface area contributed by atoms with Gasteiger partial charge in [-0.25, -0.2) is 14.4 Å². The van der Waals surface area contributed by atoms with E-state index in [-0.39, 0.29) is 70.9 Å². The molecule has 14 heteroatoms. The lowest BCUT2D eigenvalue weighted by atomic mass is 10.1. The van der Waals surface area contributed by atoms with Crippen molar-refractivity contribution in [1.29, 1.82) is 0 Å². The van der Waals surface area contributed by atoms with Crippen molar-refractivity contribution in [3.8, 4) is 0 Å². The van der Waals surface area contributed by atoms with Gasteiger partial charge in [0.1, 0.15) is 18.2 Å². The van der Waals surface area contributed by atoms with E-state index in [1.54, 1.807) is 34.6 Å². The lowest BCUT2D eigenvalue weighted by molar-refractivity contribution is -0.153. The summed E-state index contributed by atoms with van der Waals surface area (Å²) < 4.78 is 39.7. The van der Waals surface area contributed by atoms with E-state index in [4.69, 9.17) is 23.3 Å². The molecule has 3 amide bonds. The third-order valence-electron chi connectivity index (χ3n) is 6.57. The Balaban J connectivity index is 2.97. The number of nitrogens with zero attached hydrogens (tertiary/aromatic N) is 2. The number of benzene rings is 1. The number of hydrogen-bond acceptors (Lipinski definition) is 10. The van der Waals surface area contributed by atoms with Crippen LogP contribution in [-0.2, 0) is 44.0 Å². The molecular formula is C32H54N3O10P. The number of ether oxygens (including phenoxy) is 3. The first-order valence-electron chi connectivity index (χ1n) is 16.0. The van der Waals surface area contributed by atoms with Crippen molar-refractivity contribution in [2.45, 2.75) is 91.9 Å². The molecule has 0 saturated heterocycles. The number of carbonyl (C=O) groups is 4. The van der Waals surface area contributed by atoms with Crippen LogP contribution in [0.15, 0.2) is 30.3 Å². The van der Waals surface area contributed by atoms with E-state index in [0.29, 0.717) is 19.3 Å². The fourth-order valence-corrected chi connectivity index (χ4v) is 6.10. The third kappa shape index (κ3) is 16.4. The van der Waals surface area contributed by atoms with Crippen molar-refractivity contribution >= 4 is 31.7 Å². The van der Waals surface area contributed by atoms with E-state index < -0.39 is 37.4 Å². The molecule has 1 rings (SSSR count). The van der Waals surface area contributed by atoms with Gasteiger partial charge in [-0.15, -0.1) is 0 Å². The maximum absolute atomic E-state index is 13.1. The minimum absolute atomic E-state index is 0.0101. The molecule has 0 aliphatic heterocycles. The first-order chi connectivity index (χ1) is 21.8. The molecule has 0 aliphatic carbocycles. The first kappa shape index (κ1) is 40.9. The summed E-state index contributed by atoms with van der Waals surface area (Å²) in [5, 5.41) is 2.63. The molecule has 0 aliphatic rings. The standard InChI is InChI=1S/C32H54N3O10P/c1-8-16-28(36)35(22-20-33-30(38)45-32(4,5)6)27(29(37)41-7)19-14-15-21-34(23-24-46(40,43-9-2)44-10-3)31(39)42-25-26-17-12-11-13-18-26/h11-13,17-18,27H,8-10,14-16,19-25H2,1-7H3,(H,33,38). The molecule has 13 nitrogen and oxygen atoms in total. The van der Waals surface area contributed by atoms with Gasteiger partial charge < -0.3 is 38.4 Å². The molecule has 0 bridgehead atoms. The molecule has 0 spiro atoms. The highest BCUT2D eigenvalue weighted by molar-refractivity contribution is 7.53. The van der Waals surface area contributed by atoms with Gasteiger partial charge in [0.25, 0.3) is 0 Å². The molecule has 1 aromatic rings. The quantitative estimate of drug-likeness (QED) is 0.0740. The Bertz CT molecular complexity index is 1100. The topological polar surface area (TPSA) is 150 Å². The van der Waals surface area contributed by atoms with Gasteiger partial charge >= 0.3 is 25.8 Å². The second-order valence-corrected chi connectivity index (χ2v) is 13.7. The molecule has 1 N–H and O–H groups in total. The van der Waals surface area contributed by atoms with Gasteiger partial charge in [-0.3, -0.25) is 9.36 Å². The van der Waals surface area contributed by atoms with Crippen LogP contribution < -0.4 is 5.32 Å². The van der Waals surface area contributed by atoms with E-state index in [1.807, 2.05) is 37.3 Å². The Labute approximate surface area is 274 Å². The number of rotatable bonds is 21. The number of methoxy groups -OCH3 is 1. The van der Waals surface area contributed by atoms with E-state index in [2.05, 4.69) is 5.32 Å². The molecular weight excluding hydrogens is 617 g/mol. The van der Waals surface area contributed by atoms with E-state index in [0.717, 1.165) is 5.56 Å². The maximum atomic E-state index is 13.1. The van der Waals surface area contributed by atoms with E-state index in [9.17, 15) is 23.7 Å². The van der Waals surface area contributed by atoms with Gasteiger partial charge in [0.15, 0.2) is 0 Å². The van der Waals surface area contributed by atoms with Crippen LogP contribution in [-0.4, -0.2) is 98.2 Å². The summed E-state index contributed by atoms with van der Waals surface area (Å²) in [5.74, 6) is -0.812. The van der Waals surface area contributed by atoms with Gasteiger partial charge in [0.2, 0.25) is 5.91 Å². The number of alkyl carbamates (subject to hydrolysis) is 1. The van der Waals surface area contributed by atoms with Crippen LogP contribution in [0.2, 0.25) is 0 Å². The predicted octanol–water partition coefficient (Wildman–Crippen LogP) is 5.76. The van der Waals surface area contributed by atoms with E-state index in [1.165, 1.54) is 16.9 Å². The minimum atomic E-state index is -3.42. The number of amides is 3. The van der Waals surface area contributed by atoms with Crippen LogP contribution in [0.1, 0.15) is 79.2 Å². The van der Waals surface area contributed by atoms with Gasteiger partial charge in [-0.1, -0.05) is 37.3 Å². The summed E-state index contributed by atoms with van der Waals surface area (Å²) in [6.45, 7) is 11.5. The molecule has 0 aromatic heterocycles. The summed E-state index contributed by atoms with van der Waals surface area (Å²) >= 11 is 0. The second kappa shape index (κ2) is 21.6. The monoisotopic (exact) mass is 671 g/mol. The third-order valence-corrected chi connectivity index (χ3v) is 8.62. The summed E-state index contributed by atoms with van der Waals surface area (Å²) in [7, 11) is -2.16. The molecule has 46 heavy (non-hydrogen) atoms. The predicted molar refractivity (Wildman–Crippen MR) is 174 cm³/mol. The van der Waals surface area contributed by atoms with Crippen LogP contribution in [0, 0.1) is 0 Å². The second-order valence-electron chi connectivity index (χ2n) is 11.5. The summed E-state index contributed by atoms with van der Waals surface area (Å²) in [5.41, 5.74) is 0.144. The average Bonchev–Trinajstić information content (AvgIpc) is 2.99. The van der Waals surface area contributed by atoms with Crippen LogP contribution in [0.3, 0.4) is 0 Å². The van der Waals surface area contributed by atoms with Gasteiger partial charge in [-0.05, 0) is 65.9 Å². The molecule has 0 saturated carbocycles. The summed E-state index contributed by atoms with van der Waals surface area (Å²) in [4.78, 5) is 54.1. The number of esters is 1. The SMILES string of the molecule is CCCC(=O)N(CCNC(=O)OC(C)(C)C)C(CCCCN(CCP(=O)(OCC)OCC)C(=O)OCc1ccccc1)C(=O)OC. The number of hydrogen-bond donors (Lipinski definition) is 1. The van der Waals surface area contributed by atoms with Crippen LogP contribution in [0.4, 0.5) is 9.59 Å². The Kier molecular flexibility index (Phi) is 19.2. The summed E-state index contributed by atoms with van der Waals surface area (Å²) in [6.07, 6.45) is 0.751. The molecule has 0 radical (unpaired) electrons. The van der Waals surface area contributed by atoms with E-state index >= 15 is 0 Å². The lowest BCUT2D eigenvalue weighted by Crippen LogP contribution is -2.49. The average molecular weight is 672 g/mol. The lowest BCUT2D eigenvalue weighted by Gasteiger charge is -2.31. The number of carbonyl (C=O) groups excluding carboxylic acids is 4. The fourth-order valence-electron chi connectivity index (χ4n) is 4.49. The number of unbranched alkanes of at least 4 members (excludes halogenated alkanes) is 1. The van der Waals surface area contributed by atoms with Crippen molar-refractivity contribution in [3.63, 3.8) is 0 Å². The van der Waals surface area contributed by atoms with Gasteiger partial charge in [0.05, 0.1) is 26.5 Å². The van der Waals surface area contributed by atoms with Gasteiger partial charge in [-0.2, -0.15) is 0 Å². The van der Waals surface area contributed by atoms with Crippen molar-refractivity contribution < 1.29 is 47.0 Å².